The molecule has 0 aromatic heterocycles. The molecule has 0 aromatic carbocycles. The zero-order valence-electron chi connectivity index (χ0n) is 16.1. The van der Waals surface area contributed by atoms with Crippen LogP contribution < -0.4 is 0 Å². The van der Waals surface area contributed by atoms with Crippen LogP contribution in [0.25, 0.3) is 0 Å². The summed E-state index contributed by atoms with van der Waals surface area (Å²) in [6, 6.07) is 0. The quantitative estimate of drug-likeness (QED) is 0.307. The lowest BCUT2D eigenvalue weighted by atomic mass is 9.76. The van der Waals surface area contributed by atoms with Gasteiger partial charge in [0.05, 0.1) is 12.7 Å². The van der Waals surface area contributed by atoms with Gasteiger partial charge in [-0.15, -0.1) is 6.58 Å². The van der Waals surface area contributed by atoms with Crippen molar-refractivity contribution in [1.29, 1.82) is 0 Å². The van der Waals surface area contributed by atoms with Crippen LogP contribution in [0.15, 0.2) is 24.8 Å². The van der Waals surface area contributed by atoms with Gasteiger partial charge in [0.25, 0.3) is 0 Å². The summed E-state index contributed by atoms with van der Waals surface area (Å²) in [5.41, 5.74) is 0. The van der Waals surface area contributed by atoms with Crippen LogP contribution in [0.5, 0.6) is 0 Å². The molecular weight excluding hydrogens is 292 g/mol. The lowest BCUT2D eigenvalue weighted by molar-refractivity contribution is 0.0189. The molecule has 2 saturated carbocycles. The summed E-state index contributed by atoms with van der Waals surface area (Å²) in [6.45, 7) is 6.77. The number of hydrogen-bond donors (Lipinski definition) is 0. The highest BCUT2D eigenvalue weighted by Gasteiger charge is 2.24. The predicted octanol–water partition coefficient (Wildman–Crippen LogP) is 7.08. The molecule has 0 N–H and O–H groups in total. The zero-order valence-corrected chi connectivity index (χ0v) is 16.1. The molecule has 0 bridgehead atoms. The van der Waals surface area contributed by atoms with Crippen molar-refractivity contribution in [2.24, 2.45) is 17.8 Å². The van der Waals surface area contributed by atoms with Crippen molar-refractivity contribution >= 4 is 0 Å². The number of allylic oxidation sites excluding steroid dienone is 2. The van der Waals surface area contributed by atoms with Crippen molar-refractivity contribution in [3.05, 3.63) is 24.8 Å². The molecule has 0 atom stereocenters. The van der Waals surface area contributed by atoms with Gasteiger partial charge in [-0.3, -0.25) is 0 Å². The maximum Gasteiger partial charge on any atom is 0.0575 e. The van der Waals surface area contributed by atoms with Gasteiger partial charge >= 0.3 is 0 Å². The van der Waals surface area contributed by atoms with E-state index in [2.05, 4.69) is 25.7 Å². The molecule has 2 rings (SSSR count). The lowest BCUT2D eigenvalue weighted by Crippen LogP contribution is -2.23. The van der Waals surface area contributed by atoms with Crippen LogP contribution in [0.1, 0.15) is 90.4 Å². The highest BCUT2D eigenvalue weighted by molar-refractivity contribution is 4.81. The average molecular weight is 333 g/mol. The Balaban J connectivity index is 1.51. The van der Waals surface area contributed by atoms with Crippen molar-refractivity contribution in [1.82, 2.24) is 0 Å². The van der Waals surface area contributed by atoms with Crippen LogP contribution in [0.2, 0.25) is 0 Å². The molecule has 2 aliphatic carbocycles. The third-order valence-electron chi connectivity index (χ3n) is 6.40. The zero-order chi connectivity index (χ0) is 17.0. The van der Waals surface area contributed by atoms with Crippen LogP contribution in [-0.2, 0) is 4.74 Å². The van der Waals surface area contributed by atoms with Gasteiger partial charge < -0.3 is 4.74 Å². The van der Waals surface area contributed by atoms with E-state index in [1.807, 2.05) is 6.08 Å². The normalized spacial score (nSPS) is 31.4. The van der Waals surface area contributed by atoms with Crippen LogP contribution in [0.4, 0.5) is 0 Å². The van der Waals surface area contributed by atoms with Gasteiger partial charge in [0.15, 0.2) is 0 Å². The Kier molecular flexibility index (Phi) is 9.80. The fourth-order valence-corrected chi connectivity index (χ4v) is 4.68. The summed E-state index contributed by atoms with van der Waals surface area (Å²) in [5, 5.41) is 0. The SMILES string of the molecule is C=CCCOC1CCC(CCC2CCC(CC/C=C/C)CC2)CC1. The van der Waals surface area contributed by atoms with E-state index >= 15 is 0 Å². The second-order valence-electron chi connectivity index (χ2n) is 8.20. The van der Waals surface area contributed by atoms with E-state index in [0.29, 0.717) is 6.10 Å². The van der Waals surface area contributed by atoms with E-state index in [9.17, 15) is 0 Å². The smallest absolute Gasteiger partial charge is 0.0575 e. The van der Waals surface area contributed by atoms with E-state index in [-0.39, 0.29) is 0 Å². The minimum atomic E-state index is 0.536. The number of hydrogen-bond acceptors (Lipinski definition) is 1. The molecule has 24 heavy (non-hydrogen) atoms. The average Bonchev–Trinajstić information content (AvgIpc) is 2.63. The molecule has 0 saturated heterocycles. The fourth-order valence-electron chi connectivity index (χ4n) is 4.68. The Morgan fingerprint density at radius 3 is 1.88 bits per heavy atom. The Morgan fingerprint density at radius 2 is 1.33 bits per heavy atom. The summed E-state index contributed by atoms with van der Waals surface area (Å²) in [5.74, 6) is 3.03. The van der Waals surface area contributed by atoms with Gasteiger partial charge in [0, 0.05) is 0 Å². The molecular formula is C23H40O. The molecule has 0 spiro atoms. The summed E-state index contributed by atoms with van der Waals surface area (Å²) in [4.78, 5) is 0. The minimum absolute atomic E-state index is 0.536. The molecule has 0 unspecified atom stereocenters. The Labute approximate surface area is 150 Å². The Morgan fingerprint density at radius 1 is 0.792 bits per heavy atom. The number of ether oxygens (including phenoxy) is 1. The van der Waals surface area contributed by atoms with Crippen molar-refractivity contribution in [3.63, 3.8) is 0 Å². The van der Waals surface area contributed by atoms with Crippen LogP contribution >= 0.6 is 0 Å². The fraction of sp³-hybridized carbons (Fsp3) is 0.826. The predicted molar refractivity (Wildman–Crippen MR) is 105 cm³/mol. The topological polar surface area (TPSA) is 9.23 Å². The minimum Gasteiger partial charge on any atom is -0.378 e. The molecule has 2 fully saturated rings. The van der Waals surface area contributed by atoms with Crippen molar-refractivity contribution in [3.8, 4) is 0 Å². The second-order valence-corrected chi connectivity index (χ2v) is 8.20. The summed E-state index contributed by atoms with van der Waals surface area (Å²) >= 11 is 0. The largest absolute Gasteiger partial charge is 0.378 e. The lowest BCUT2D eigenvalue weighted by Gasteiger charge is -2.32. The maximum absolute atomic E-state index is 5.94. The summed E-state index contributed by atoms with van der Waals surface area (Å²) < 4.78 is 5.94. The molecule has 138 valence electrons. The third-order valence-corrected chi connectivity index (χ3v) is 6.40. The number of rotatable bonds is 10. The van der Waals surface area contributed by atoms with Gasteiger partial charge in [-0.25, -0.2) is 0 Å². The highest BCUT2D eigenvalue weighted by Crippen LogP contribution is 2.37. The first-order chi connectivity index (χ1) is 11.8. The molecule has 0 heterocycles. The van der Waals surface area contributed by atoms with Gasteiger partial charge in [0.1, 0.15) is 0 Å². The summed E-state index contributed by atoms with van der Waals surface area (Å²) in [7, 11) is 0. The van der Waals surface area contributed by atoms with Crippen molar-refractivity contribution in [2.75, 3.05) is 6.61 Å². The van der Waals surface area contributed by atoms with E-state index < -0.39 is 0 Å². The second kappa shape index (κ2) is 11.9. The maximum atomic E-state index is 5.94. The highest BCUT2D eigenvalue weighted by atomic mass is 16.5. The molecule has 0 aliphatic heterocycles. The van der Waals surface area contributed by atoms with Crippen molar-refractivity contribution in [2.45, 2.75) is 96.5 Å². The molecule has 1 heteroatoms. The monoisotopic (exact) mass is 332 g/mol. The standard InChI is InChI=1S/C23H40O/c1-3-5-7-8-20-9-11-21(12-10-20)13-14-22-15-17-23(18-16-22)24-19-6-4-2/h3-5,20-23H,2,6-19H2,1H3/b5-3+. The Hall–Kier alpha value is -0.560. The van der Waals surface area contributed by atoms with E-state index in [1.165, 1.54) is 77.0 Å². The van der Waals surface area contributed by atoms with Crippen molar-refractivity contribution < 1.29 is 4.74 Å². The van der Waals surface area contributed by atoms with Crippen LogP contribution in [0, 0.1) is 17.8 Å². The van der Waals surface area contributed by atoms with Crippen LogP contribution in [0.3, 0.4) is 0 Å². The van der Waals surface area contributed by atoms with Crippen LogP contribution in [-0.4, -0.2) is 12.7 Å². The van der Waals surface area contributed by atoms with Gasteiger partial charge in [-0.05, 0) is 69.6 Å². The van der Waals surface area contributed by atoms with Gasteiger partial charge in [-0.2, -0.15) is 0 Å². The third kappa shape index (κ3) is 7.55. The van der Waals surface area contributed by atoms with E-state index in [4.69, 9.17) is 4.74 Å². The van der Waals surface area contributed by atoms with Gasteiger partial charge in [-0.1, -0.05) is 56.8 Å². The first kappa shape index (κ1) is 19.8. The molecule has 2 aliphatic rings. The molecule has 1 nitrogen and oxygen atoms in total. The first-order valence-electron chi connectivity index (χ1n) is 10.7. The first-order valence-corrected chi connectivity index (χ1v) is 10.7. The molecule has 0 aromatic rings. The van der Waals surface area contributed by atoms with Gasteiger partial charge in [0.2, 0.25) is 0 Å². The summed E-state index contributed by atoms with van der Waals surface area (Å²) in [6.07, 6.45) is 25.1. The molecule has 0 radical (unpaired) electrons. The van der Waals surface area contributed by atoms with E-state index in [1.54, 1.807) is 0 Å². The Bertz CT molecular complexity index is 343. The van der Waals surface area contributed by atoms with E-state index in [0.717, 1.165) is 30.8 Å². The molecule has 0 amide bonds.